The minimum atomic E-state index is -0.0503. The smallest absolute Gasteiger partial charge is 0.265 e. The van der Waals surface area contributed by atoms with E-state index in [0.29, 0.717) is 47.8 Å². The molecular weight excluding hydrogens is 354 g/mol. The normalized spacial score (nSPS) is 12.0. The van der Waals surface area contributed by atoms with Crippen LogP contribution in [0.1, 0.15) is 26.7 Å². The van der Waals surface area contributed by atoms with Crippen molar-refractivity contribution in [1.82, 2.24) is 24.1 Å². The van der Waals surface area contributed by atoms with Gasteiger partial charge in [-0.1, -0.05) is 26.0 Å². The van der Waals surface area contributed by atoms with Crippen LogP contribution < -0.4 is 5.56 Å². The van der Waals surface area contributed by atoms with E-state index in [4.69, 9.17) is 14.7 Å². The van der Waals surface area contributed by atoms with Gasteiger partial charge in [0.2, 0.25) is 0 Å². The van der Waals surface area contributed by atoms with E-state index in [2.05, 4.69) is 18.8 Å². The number of methoxy groups -OCH3 is 1. The van der Waals surface area contributed by atoms with Gasteiger partial charge in [0, 0.05) is 26.8 Å². The molecule has 0 saturated carbocycles. The summed E-state index contributed by atoms with van der Waals surface area (Å²) in [5, 5.41) is 0.553. The van der Waals surface area contributed by atoms with Crippen molar-refractivity contribution in [2.45, 2.75) is 39.8 Å². The van der Waals surface area contributed by atoms with Gasteiger partial charge in [-0.3, -0.25) is 9.36 Å². The quantitative estimate of drug-likeness (QED) is 0.460. The molecule has 0 amide bonds. The van der Waals surface area contributed by atoms with Crippen LogP contribution in [0.15, 0.2) is 35.4 Å². The maximum atomic E-state index is 13.3. The second kappa shape index (κ2) is 7.67. The van der Waals surface area contributed by atoms with Crippen LogP contribution in [-0.4, -0.2) is 37.8 Å². The average molecular weight is 379 g/mol. The predicted octanol–water partition coefficient (Wildman–Crippen LogP) is 3.38. The molecule has 7 heteroatoms. The second-order valence-corrected chi connectivity index (χ2v) is 7.51. The summed E-state index contributed by atoms with van der Waals surface area (Å²) < 4.78 is 8.89. The number of rotatable bonds is 7. The molecule has 3 aromatic heterocycles. The van der Waals surface area contributed by atoms with Gasteiger partial charge < -0.3 is 9.30 Å². The van der Waals surface area contributed by atoms with E-state index in [1.165, 1.54) is 0 Å². The van der Waals surface area contributed by atoms with E-state index >= 15 is 0 Å². The fourth-order valence-electron chi connectivity index (χ4n) is 3.47. The Balaban J connectivity index is 1.97. The fraction of sp³-hybridized carbons (Fsp3) is 0.429. The van der Waals surface area contributed by atoms with Crippen molar-refractivity contribution in [3.05, 3.63) is 40.9 Å². The summed E-state index contributed by atoms with van der Waals surface area (Å²) in [5.41, 5.74) is 3.52. The van der Waals surface area contributed by atoms with Crippen molar-refractivity contribution >= 4 is 33.2 Å². The Morgan fingerprint density at radius 3 is 2.54 bits per heavy atom. The van der Waals surface area contributed by atoms with Crippen molar-refractivity contribution in [1.29, 1.82) is 0 Å². The molecule has 0 radical (unpaired) electrons. The maximum absolute atomic E-state index is 13.3. The summed E-state index contributed by atoms with van der Waals surface area (Å²) in [4.78, 5) is 27.5. The number of nitrogens with zero attached hydrogens (tertiary/aromatic N) is 5. The summed E-state index contributed by atoms with van der Waals surface area (Å²) in [7, 11) is 1.69. The first kappa shape index (κ1) is 18.6. The lowest BCUT2D eigenvalue weighted by atomic mass is 10.1. The van der Waals surface area contributed by atoms with Gasteiger partial charge in [0.1, 0.15) is 10.9 Å². The molecule has 1 aromatic carbocycles. The molecule has 0 unspecified atom stereocenters. The Kier molecular flexibility index (Phi) is 5.09. The van der Waals surface area contributed by atoms with Crippen molar-refractivity contribution in [3.63, 3.8) is 0 Å². The van der Waals surface area contributed by atoms with Gasteiger partial charge in [-0.15, -0.1) is 0 Å². The molecule has 0 aliphatic heterocycles. The molecule has 0 saturated heterocycles. The largest absolute Gasteiger partial charge is 0.385 e. The van der Waals surface area contributed by atoms with Crippen molar-refractivity contribution in [2.24, 2.45) is 5.92 Å². The number of fused-ring (bicyclic) bond motifs is 4. The molecule has 0 fully saturated rings. The highest BCUT2D eigenvalue weighted by molar-refractivity contribution is 6.04. The molecule has 0 N–H and O–H groups in total. The van der Waals surface area contributed by atoms with Crippen molar-refractivity contribution in [3.8, 4) is 0 Å². The molecule has 3 heterocycles. The summed E-state index contributed by atoms with van der Waals surface area (Å²) in [5.74, 6) is 0.515. The Morgan fingerprint density at radius 1 is 1.07 bits per heavy atom. The molecule has 28 heavy (non-hydrogen) atoms. The van der Waals surface area contributed by atoms with Crippen LogP contribution >= 0.6 is 0 Å². The maximum Gasteiger partial charge on any atom is 0.265 e. The lowest BCUT2D eigenvalue weighted by Crippen LogP contribution is -2.21. The van der Waals surface area contributed by atoms with Crippen LogP contribution in [0.5, 0.6) is 0 Å². The van der Waals surface area contributed by atoms with E-state index in [1.54, 1.807) is 18.0 Å². The van der Waals surface area contributed by atoms with Crippen molar-refractivity contribution in [2.75, 3.05) is 13.7 Å². The average Bonchev–Trinajstić information content (AvgIpc) is 2.99. The first-order chi connectivity index (χ1) is 13.6. The second-order valence-electron chi connectivity index (χ2n) is 7.51. The molecule has 4 rings (SSSR count). The van der Waals surface area contributed by atoms with Crippen LogP contribution in [-0.2, 0) is 17.8 Å². The Labute approximate surface area is 163 Å². The van der Waals surface area contributed by atoms with Crippen LogP contribution in [0.2, 0.25) is 0 Å². The third-order valence-electron chi connectivity index (χ3n) is 5.00. The Hall–Kier alpha value is -2.80. The van der Waals surface area contributed by atoms with Crippen LogP contribution in [0, 0.1) is 5.92 Å². The van der Waals surface area contributed by atoms with E-state index in [9.17, 15) is 4.79 Å². The Bertz CT molecular complexity index is 1190. The third kappa shape index (κ3) is 3.26. The number of benzene rings is 1. The molecule has 7 nitrogen and oxygen atoms in total. The van der Waals surface area contributed by atoms with E-state index < -0.39 is 0 Å². The number of aryl methyl sites for hydroxylation is 2. The van der Waals surface area contributed by atoms with Gasteiger partial charge in [-0.25, -0.2) is 15.0 Å². The van der Waals surface area contributed by atoms with Gasteiger partial charge in [0.15, 0.2) is 11.3 Å². The standard InChI is InChI=1S/C21H25N5O2/c1-14(2)9-11-25-13-22-19-17(21(25)27)18-20(26(19)10-6-12-28-3)24-16-8-5-4-7-15(16)23-18/h4-5,7-8,13-14H,6,9-12H2,1-3H3. The van der Waals surface area contributed by atoms with E-state index in [0.717, 1.165) is 23.9 Å². The number of ether oxygens (including phenoxy) is 1. The van der Waals surface area contributed by atoms with Crippen molar-refractivity contribution < 1.29 is 4.74 Å². The summed E-state index contributed by atoms with van der Waals surface area (Å²) >= 11 is 0. The van der Waals surface area contributed by atoms with E-state index in [-0.39, 0.29) is 5.56 Å². The van der Waals surface area contributed by atoms with Crippen LogP contribution in [0.25, 0.3) is 33.2 Å². The molecule has 0 aliphatic rings. The number of aromatic nitrogens is 5. The molecule has 0 spiro atoms. The minimum absolute atomic E-state index is 0.0503. The molecule has 0 bridgehead atoms. The SMILES string of the molecule is COCCCn1c2nc3ccccc3nc2c2c(=O)n(CCC(C)C)cnc21. The minimum Gasteiger partial charge on any atom is -0.385 e. The highest BCUT2D eigenvalue weighted by atomic mass is 16.5. The first-order valence-electron chi connectivity index (χ1n) is 9.73. The third-order valence-corrected chi connectivity index (χ3v) is 5.00. The summed E-state index contributed by atoms with van der Waals surface area (Å²) in [6.45, 7) is 6.25. The zero-order valence-electron chi connectivity index (χ0n) is 16.6. The molecule has 0 aliphatic carbocycles. The lowest BCUT2D eigenvalue weighted by Gasteiger charge is -2.08. The predicted molar refractivity (Wildman–Crippen MR) is 111 cm³/mol. The highest BCUT2D eigenvalue weighted by Crippen LogP contribution is 2.25. The van der Waals surface area contributed by atoms with Gasteiger partial charge >= 0.3 is 0 Å². The van der Waals surface area contributed by atoms with Gasteiger partial charge in [-0.05, 0) is 30.9 Å². The van der Waals surface area contributed by atoms with Gasteiger partial charge in [0.25, 0.3) is 5.56 Å². The van der Waals surface area contributed by atoms with Gasteiger partial charge in [-0.2, -0.15) is 0 Å². The lowest BCUT2D eigenvalue weighted by molar-refractivity contribution is 0.191. The molecular formula is C21H25N5O2. The molecule has 4 aromatic rings. The number of hydrogen-bond acceptors (Lipinski definition) is 5. The molecule has 146 valence electrons. The van der Waals surface area contributed by atoms with Crippen LogP contribution in [0.4, 0.5) is 0 Å². The van der Waals surface area contributed by atoms with E-state index in [1.807, 2.05) is 28.8 Å². The first-order valence-corrected chi connectivity index (χ1v) is 9.73. The number of para-hydroxylation sites is 2. The molecule has 0 atom stereocenters. The zero-order valence-corrected chi connectivity index (χ0v) is 16.6. The topological polar surface area (TPSA) is 74.8 Å². The fourth-order valence-corrected chi connectivity index (χ4v) is 3.47. The monoisotopic (exact) mass is 379 g/mol. The Morgan fingerprint density at radius 2 is 1.82 bits per heavy atom. The number of hydrogen-bond donors (Lipinski definition) is 0. The zero-order chi connectivity index (χ0) is 19.7. The van der Waals surface area contributed by atoms with Gasteiger partial charge in [0.05, 0.1) is 17.4 Å². The summed E-state index contributed by atoms with van der Waals surface area (Å²) in [6, 6.07) is 7.73. The highest BCUT2D eigenvalue weighted by Gasteiger charge is 2.19. The summed E-state index contributed by atoms with van der Waals surface area (Å²) in [6.07, 6.45) is 3.38. The van der Waals surface area contributed by atoms with Crippen LogP contribution in [0.3, 0.4) is 0 Å².